The largest absolute Gasteiger partial charge is 0.731 e. The summed E-state index contributed by atoms with van der Waals surface area (Å²) in [6.07, 6.45) is 0.804. The van der Waals surface area contributed by atoms with Gasteiger partial charge in [-0.2, -0.15) is 0 Å². The number of hydrogen-bond donors (Lipinski definition) is 1. The number of hydrogen-bond acceptors (Lipinski definition) is 4. The zero-order valence-electron chi connectivity index (χ0n) is 8.26. The van der Waals surface area contributed by atoms with Crippen LogP contribution in [0.2, 0.25) is 0 Å². The van der Waals surface area contributed by atoms with E-state index in [1.165, 1.54) is 6.07 Å². The van der Waals surface area contributed by atoms with Gasteiger partial charge in [-0.1, -0.05) is 19.1 Å². The molecular formula is C9H12NO4S-. The molecule has 1 N–H and O–H groups in total. The minimum absolute atomic E-state index is 0.168. The lowest BCUT2D eigenvalue weighted by atomic mass is 10.3. The van der Waals surface area contributed by atoms with Crippen LogP contribution in [-0.2, 0) is 10.3 Å². The van der Waals surface area contributed by atoms with Crippen molar-refractivity contribution >= 4 is 16.0 Å². The molecule has 0 aliphatic rings. The molecular weight excluding hydrogens is 218 g/mol. The fourth-order valence-corrected chi connectivity index (χ4v) is 1.46. The van der Waals surface area contributed by atoms with Crippen molar-refractivity contribution in [3.63, 3.8) is 0 Å². The maximum absolute atomic E-state index is 10.5. The van der Waals surface area contributed by atoms with E-state index in [1.54, 1.807) is 18.2 Å². The van der Waals surface area contributed by atoms with Gasteiger partial charge in [-0.05, 0) is 18.6 Å². The van der Waals surface area contributed by atoms with Gasteiger partial charge in [0.25, 0.3) is 0 Å². The Labute approximate surface area is 89.0 Å². The summed E-state index contributed by atoms with van der Waals surface area (Å²) in [4.78, 5) is 0. The molecule has 15 heavy (non-hydrogen) atoms. The second-order valence-electron chi connectivity index (χ2n) is 2.90. The lowest BCUT2D eigenvalue weighted by Gasteiger charge is -2.14. The summed E-state index contributed by atoms with van der Waals surface area (Å²) in [5.41, 5.74) is 0.168. The van der Waals surface area contributed by atoms with Crippen molar-refractivity contribution < 1.29 is 17.7 Å². The minimum atomic E-state index is -4.50. The summed E-state index contributed by atoms with van der Waals surface area (Å²) in [7, 11) is -4.50. The summed E-state index contributed by atoms with van der Waals surface area (Å²) >= 11 is 0. The molecule has 1 aromatic rings. The predicted molar refractivity (Wildman–Crippen MR) is 55.5 cm³/mol. The monoisotopic (exact) mass is 230 g/mol. The highest BCUT2D eigenvalue weighted by Gasteiger charge is 2.03. The normalized spacial score (nSPS) is 11.1. The van der Waals surface area contributed by atoms with Crippen molar-refractivity contribution in [2.45, 2.75) is 13.3 Å². The third kappa shape index (κ3) is 4.18. The number of ether oxygens (including phenoxy) is 1. The smallest absolute Gasteiger partial charge is 0.181 e. The summed E-state index contributed by atoms with van der Waals surface area (Å²) in [6, 6.07) is 6.39. The van der Waals surface area contributed by atoms with Crippen LogP contribution in [0.15, 0.2) is 24.3 Å². The van der Waals surface area contributed by atoms with E-state index < -0.39 is 10.3 Å². The Bertz CT molecular complexity index is 416. The molecule has 0 aliphatic carbocycles. The van der Waals surface area contributed by atoms with E-state index in [0.29, 0.717) is 12.4 Å². The van der Waals surface area contributed by atoms with E-state index in [1.807, 2.05) is 11.6 Å². The number of nitrogens with one attached hydrogen (secondary N) is 1. The molecule has 0 amide bonds. The van der Waals surface area contributed by atoms with E-state index >= 15 is 0 Å². The summed E-state index contributed by atoms with van der Waals surface area (Å²) in [5, 5.41) is 0. The molecule has 0 saturated heterocycles. The average Bonchev–Trinajstić information content (AvgIpc) is 2.14. The second-order valence-corrected chi connectivity index (χ2v) is 4.01. The van der Waals surface area contributed by atoms with E-state index in [2.05, 4.69) is 0 Å². The fraction of sp³-hybridized carbons (Fsp3) is 0.333. The Balaban J connectivity index is 2.86. The maximum atomic E-state index is 10.5. The number of para-hydroxylation sites is 2. The van der Waals surface area contributed by atoms with Crippen molar-refractivity contribution in [3.8, 4) is 5.75 Å². The highest BCUT2D eigenvalue weighted by atomic mass is 32.2. The molecule has 0 atom stereocenters. The number of anilines is 1. The third-order valence-corrected chi connectivity index (χ3v) is 2.05. The molecule has 0 spiro atoms. The average molecular weight is 230 g/mol. The second kappa shape index (κ2) is 4.99. The van der Waals surface area contributed by atoms with Crippen LogP contribution in [0.4, 0.5) is 5.69 Å². The lowest BCUT2D eigenvalue weighted by molar-refractivity contribution is 0.319. The molecule has 0 saturated carbocycles. The maximum Gasteiger partial charge on any atom is 0.181 e. The molecule has 0 bridgehead atoms. The van der Waals surface area contributed by atoms with Crippen LogP contribution in [0.5, 0.6) is 5.75 Å². The first-order chi connectivity index (χ1) is 7.03. The molecule has 84 valence electrons. The zero-order chi connectivity index (χ0) is 11.3. The third-order valence-electron chi connectivity index (χ3n) is 1.58. The van der Waals surface area contributed by atoms with Gasteiger partial charge in [0.15, 0.2) is 10.3 Å². The van der Waals surface area contributed by atoms with Crippen LogP contribution >= 0.6 is 0 Å². The molecule has 0 aliphatic heterocycles. The summed E-state index contributed by atoms with van der Waals surface area (Å²) in [5.74, 6) is 0.360. The number of rotatable bonds is 5. The van der Waals surface area contributed by atoms with E-state index in [4.69, 9.17) is 4.74 Å². The van der Waals surface area contributed by atoms with E-state index in [-0.39, 0.29) is 5.69 Å². The summed E-state index contributed by atoms with van der Waals surface area (Å²) in [6.45, 7) is 2.40. The van der Waals surface area contributed by atoms with Crippen LogP contribution in [0.3, 0.4) is 0 Å². The minimum Gasteiger partial charge on any atom is -0.731 e. The highest BCUT2D eigenvalue weighted by Crippen LogP contribution is 2.24. The zero-order valence-corrected chi connectivity index (χ0v) is 9.08. The van der Waals surface area contributed by atoms with Gasteiger partial charge in [-0.25, -0.2) is 8.42 Å². The molecule has 0 unspecified atom stereocenters. The van der Waals surface area contributed by atoms with Crippen LogP contribution < -0.4 is 9.46 Å². The Morgan fingerprint density at radius 3 is 2.67 bits per heavy atom. The van der Waals surface area contributed by atoms with E-state index in [9.17, 15) is 13.0 Å². The van der Waals surface area contributed by atoms with Gasteiger partial charge in [0.05, 0.1) is 12.3 Å². The Morgan fingerprint density at radius 1 is 1.40 bits per heavy atom. The molecule has 5 nitrogen and oxygen atoms in total. The molecule has 0 fully saturated rings. The Kier molecular flexibility index (Phi) is 3.93. The lowest BCUT2D eigenvalue weighted by Crippen LogP contribution is -2.12. The molecule has 6 heteroatoms. The molecule has 0 radical (unpaired) electrons. The van der Waals surface area contributed by atoms with Crippen molar-refractivity contribution in [2.24, 2.45) is 0 Å². The van der Waals surface area contributed by atoms with Crippen LogP contribution in [0, 0.1) is 0 Å². The highest BCUT2D eigenvalue weighted by molar-refractivity contribution is 7.87. The quantitative estimate of drug-likeness (QED) is 0.774. The Morgan fingerprint density at radius 2 is 2.07 bits per heavy atom. The van der Waals surface area contributed by atoms with Crippen molar-refractivity contribution in [1.29, 1.82) is 0 Å². The van der Waals surface area contributed by atoms with Gasteiger partial charge in [-0.15, -0.1) is 0 Å². The molecule has 0 aromatic heterocycles. The van der Waals surface area contributed by atoms with E-state index in [0.717, 1.165) is 6.42 Å². The number of benzene rings is 1. The van der Waals surface area contributed by atoms with Crippen LogP contribution in [-0.4, -0.2) is 19.6 Å². The van der Waals surface area contributed by atoms with Gasteiger partial charge in [0.1, 0.15) is 5.75 Å². The fourth-order valence-electron chi connectivity index (χ4n) is 1.02. The topological polar surface area (TPSA) is 78.5 Å². The summed E-state index contributed by atoms with van der Waals surface area (Å²) < 4.78 is 38.6. The molecule has 1 rings (SSSR count). The first kappa shape index (κ1) is 11.8. The first-order valence-corrected chi connectivity index (χ1v) is 5.89. The van der Waals surface area contributed by atoms with Gasteiger partial charge in [0, 0.05) is 0 Å². The SMILES string of the molecule is CCCOc1ccccc1NS(=O)(=O)[O-]. The van der Waals surface area contributed by atoms with Gasteiger partial charge < -0.3 is 9.29 Å². The van der Waals surface area contributed by atoms with Crippen LogP contribution in [0.1, 0.15) is 13.3 Å². The van der Waals surface area contributed by atoms with Gasteiger partial charge in [0.2, 0.25) is 0 Å². The standard InChI is InChI=1S/C9H13NO4S/c1-2-7-14-9-6-4-3-5-8(9)10-15(11,12)13/h3-6,10H,2,7H2,1H3,(H,11,12,13)/p-1. The van der Waals surface area contributed by atoms with Crippen molar-refractivity contribution in [1.82, 2.24) is 0 Å². The predicted octanol–water partition coefficient (Wildman–Crippen LogP) is 1.35. The van der Waals surface area contributed by atoms with Crippen LogP contribution in [0.25, 0.3) is 0 Å². The Hall–Kier alpha value is -1.27. The van der Waals surface area contributed by atoms with Crippen molar-refractivity contribution in [3.05, 3.63) is 24.3 Å². The molecule has 0 heterocycles. The van der Waals surface area contributed by atoms with Gasteiger partial charge >= 0.3 is 0 Å². The molecule has 1 aromatic carbocycles. The van der Waals surface area contributed by atoms with Crippen molar-refractivity contribution in [2.75, 3.05) is 11.3 Å². The van der Waals surface area contributed by atoms with Gasteiger partial charge in [-0.3, -0.25) is 4.72 Å². The first-order valence-electron chi connectivity index (χ1n) is 4.48.